The second-order valence-corrected chi connectivity index (χ2v) is 9.75. The van der Waals surface area contributed by atoms with Crippen molar-refractivity contribution in [1.29, 1.82) is 0 Å². The molecular formula is C25H31F3N8. The first-order valence-corrected chi connectivity index (χ1v) is 11.9. The molecule has 0 radical (unpaired) electrons. The van der Waals surface area contributed by atoms with Crippen LogP contribution in [0.5, 0.6) is 0 Å². The number of fused-ring (bicyclic) bond motifs is 1. The molecule has 4 aromatic heterocycles. The zero-order chi connectivity index (χ0) is 25.8. The zero-order valence-electron chi connectivity index (χ0n) is 20.7. The summed E-state index contributed by atoms with van der Waals surface area (Å²) in [6.07, 6.45) is 6.10. The monoisotopic (exact) mass is 500 g/mol. The van der Waals surface area contributed by atoms with Crippen molar-refractivity contribution in [2.75, 3.05) is 38.1 Å². The number of likely N-dealkylation sites (N-methyl/N-ethyl adjacent to an activating group) is 1. The topological polar surface area (TPSA) is 78.2 Å². The average Bonchev–Trinajstić information content (AvgIpc) is 3.28. The van der Waals surface area contributed by atoms with Crippen LogP contribution in [-0.4, -0.2) is 67.7 Å². The molecule has 8 nitrogen and oxygen atoms in total. The quantitative estimate of drug-likeness (QED) is 0.427. The molecule has 1 saturated heterocycles. The van der Waals surface area contributed by atoms with Gasteiger partial charge in [0.15, 0.2) is 5.82 Å². The van der Waals surface area contributed by atoms with Crippen LogP contribution < -0.4 is 4.90 Å². The fourth-order valence-electron chi connectivity index (χ4n) is 3.46. The van der Waals surface area contributed by atoms with E-state index in [2.05, 4.69) is 55.8 Å². The van der Waals surface area contributed by atoms with Gasteiger partial charge >= 0.3 is 6.18 Å². The Balaban J connectivity index is 0.000000251. The van der Waals surface area contributed by atoms with Gasteiger partial charge in [-0.2, -0.15) is 18.3 Å². The highest BCUT2D eigenvalue weighted by Crippen LogP contribution is 2.43. The van der Waals surface area contributed by atoms with Crippen LogP contribution in [0, 0.1) is 5.41 Å². The van der Waals surface area contributed by atoms with Gasteiger partial charge in [0.05, 0.1) is 11.8 Å². The number of nitrogens with one attached hydrogen (secondary N) is 1. The predicted octanol–water partition coefficient (Wildman–Crippen LogP) is 4.78. The lowest BCUT2D eigenvalue weighted by atomic mass is 10.2. The van der Waals surface area contributed by atoms with Crippen molar-refractivity contribution in [2.45, 2.75) is 32.9 Å². The Morgan fingerprint density at radius 1 is 0.972 bits per heavy atom. The van der Waals surface area contributed by atoms with E-state index < -0.39 is 11.7 Å². The smallest absolute Gasteiger partial charge is 0.354 e. The van der Waals surface area contributed by atoms with Crippen LogP contribution in [0.2, 0.25) is 0 Å². The maximum Gasteiger partial charge on any atom is 0.417 e. The first kappa shape index (κ1) is 25.6. The minimum Gasteiger partial charge on any atom is -0.354 e. The molecule has 36 heavy (non-hydrogen) atoms. The molecule has 0 aromatic carbocycles. The van der Waals surface area contributed by atoms with E-state index in [1.54, 1.807) is 18.6 Å². The number of halogens is 3. The number of hydrogen-bond acceptors (Lipinski definition) is 6. The Morgan fingerprint density at radius 2 is 1.69 bits per heavy atom. The summed E-state index contributed by atoms with van der Waals surface area (Å²) in [5.74, 6) is 1.12. The molecule has 2 aliphatic rings. The number of nitrogens with zero attached hydrogens (tertiary/aromatic N) is 7. The van der Waals surface area contributed by atoms with E-state index >= 15 is 0 Å². The van der Waals surface area contributed by atoms with Gasteiger partial charge in [-0.1, -0.05) is 13.8 Å². The summed E-state index contributed by atoms with van der Waals surface area (Å²) in [6, 6.07) is 6.02. The van der Waals surface area contributed by atoms with Crippen molar-refractivity contribution in [2.24, 2.45) is 5.41 Å². The average molecular weight is 501 g/mol. The summed E-state index contributed by atoms with van der Waals surface area (Å²) in [7, 11) is 2.07. The minimum absolute atomic E-state index is 0.355. The summed E-state index contributed by atoms with van der Waals surface area (Å²) < 4.78 is 40.4. The van der Waals surface area contributed by atoms with E-state index in [9.17, 15) is 13.2 Å². The summed E-state index contributed by atoms with van der Waals surface area (Å²) in [4.78, 5) is 17.4. The van der Waals surface area contributed by atoms with Crippen molar-refractivity contribution < 1.29 is 13.2 Å². The van der Waals surface area contributed by atoms with Crippen molar-refractivity contribution in [3.05, 3.63) is 60.8 Å². The molecule has 6 rings (SSSR count). The second kappa shape index (κ2) is 10.7. The normalized spacial score (nSPS) is 17.1. The number of hydrogen-bond donors (Lipinski definition) is 1. The molecule has 192 valence electrons. The van der Waals surface area contributed by atoms with Crippen LogP contribution in [0.4, 0.5) is 19.0 Å². The summed E-state index contributed by atoms with van der Waals surface area (Å²) in [6.45, 7) is 8.16. The van der Waals surface area contributed by atoms with E-state index in [1.165, 1.54) is 29.5 Å². The number of piperazine rings is 1. The maximum absolute atomic E-state index is 13.0. The molecule has 2 fully saturated rings. The molecule has 0 bridgehead atoms. The van der Waals surface area contributed by atoms with Crippen LogP contribution in [-0.2, 0) is 6.18 Å². The van der Waals surface area contributed by atoms with Crippen molar-refractivity contribution in [3.8, 4) is 11.5 Å². The lowest BCUT2D eigenvalue weighted by Gasteiger charge is -2.33. The highest BCUT2D eigenvalue weighted by atomic mass is 19.4. The highest BCUT2D eigenvalue weighted by Gasteiger charge is 2.31. The van der Waals surface area contributed by atoms with Gasteiger partial charge in [-0.25, -0.2) is 15.0 Å². The van der Waals surface area contributed by atoms with E-state index in [4.69, 9.17) is 0 Å². The molecule has 1 N–H and O–H groups in total. The van der Waals surface area contributed by atoms with Gasteiger partial charge in [0.2, 0.25) is 0 Å². The fraction of sp³-hybridized carbons (Fsp3) is 0.440. The van der Waals surface area contributed by atoms with Crippen LogP contribution in [0.25, 0.3) is 17.2 Å². The van der Waals surface area contributed by atoms with Crippen LogP contribution >= 0.6 is 0 Å². The number of rotatable bonds is 2. The number of imidazole rings is 1. The zero-order valence-corrected chi connectivity index (χ0v) is 20.7. The Labute approximate surface area is 208 Å². The van der Waals surface area contributed by atoms with Gasteiger partial charge in [0, 0.05) is 51.0 Å². The van der Waals surface area contributed by atoms with Crippen LogP contribution in [0.15, 0.2) is 55.2 Å². The van der Waals surface area contributed by atoms with Crippen molar-refractivity contribution >= 4 is 11.5 Å². The molecular weight excluding hydrogens is 469 g/mol. The van der Waals surface area contributed by atoms with Crippen molar-refractivity contribution in [3.63, 3.8) is 0 Å². The third-order valence-electron chi connectivity index (χ3n) is 6.19. The van der Waals surface area contributed by atoms with Gasteiger partial charge in [0.25, 0.3) is 0 Å². The summed E-state index contributed by atoms with van der Waals surface area (Å²) in [5.41, 5.74) is 0.864. The SMILES string of the molecule is CC1(C)CC1.CN1CCN(c2ccnc(-c3cnc4ccc(C(F)(F)F)cn34)n2)CC1.c1cn[nH]c1. The summed E-state index contributed by atoms with van der Waals surface area (Å²) >= 11 is 0. The first-order valence-electron chi connectivity index (χ1n) is 11.9. The van der Waals surface area contributed by atoms with Gasteiger partial charge < -0.3 is 9.80 Å². The molecule has 4 aromatic rings. The van der Waals surface area contributed by atoms with Crippen molar-refractivity contribution in [1.82, 2.24) is 34.4 Å². The van der Waals surface area contributed by atoms with E-state index in [0.717, 1.165) is 49.7 Å². The number of pyridine rings is 1. The Morgan fingerprint density at radius 3 is 2.25 bits per heavy atom. The second-order valence-electron chi connectivity index (χ2n) is 9.75. The molecule has 0 amide bonds. The fourth-order valence-corrected chi connectivity index (χ4v) is 3.46. The van der Waals surface area contributed by atoms with Gasteiger partial charge in [-0.15, -0.1) is 0 Å². The maximum atomic E-state index is 13.0. The molecule has 0 spiro atoms. The number of alkyl halides is 3. The third kappa shape index (κ3) is 6.81. The van der Waals surface area contributed by atoms with Gasteiger partial charge in [0.1, 0.15) is 17.2 Å². The highest BCUT2D eigenvalue weighted by molar-refractivity contribution is 5.59. The molecule has 5 heterocycles. The lowest BCUT2D eigenvalue weighted by molar-refractivity contribution is -0.137. The molecule has 0 atom stereocenters. The molecule has 1 aliphatic carbocycles. The van der Waals surface area contributed by atoms with E-state index in [1.807, 2.05) is 12.1 Å². The lowest BCUT2D eigenvalue weighted by Crippen LogP contribution is -2.44. The largest absolute Gasteiger partial charge is 0.417 e. The Bertz CT molecular complexity index is 1220. The third-order valence-corrected chi connectivity index (χ3v) is 6.19. The summed E-state index contributed by atoms with van der Waals surface area (Å²) in [5, 5.41) is 6.21. The standard InChI is InChI=1S/C17H17F3N6.C5H10.C3H4N2/c1-24-6-8-25(9-7-24)15-4-5-21-16(23-15)13-10-22-14-3-2-12(11-26(13)14)17(18,19)20;1-5(2)3-4-5;1-2-4-5-3-1/h2-5,10-11H,6-9H2,1H3;3-4H2,1-2H3;1-3H,(H,4,5). The van der Waals surface area contributed by atoms with E-state index in [0.29, 0.717) is 17.2 Å². The van der Waals surface area contributed by atoms with E-state index in [-0.39, 0.29) is 0 Å². The van der Waals surface area contributed by atoms with Crippen LogP contribution in [0.1, 0.15) is 32.3 Å². The number of aromatic amines is 1. The van der Waals surface area contributed by atoms with Gasteiger partial charge in [-0.05, 0) is 49.6 Å². The molecule has 11 heteroatoms. The molecule has 0 unspecified atom stereocenters. The number of H-pyrrole nitrogens is 1. The predicted molar refractivity (Wildman–Crippen MR) is 133 cm³/mol. The minimum atomic E-state index is -4.42. The van der Waals surface area contributed by atoms with Crippen LogP contribution in [0.3, 0.4) is 0 Å². The number of aromatic nitrogens is 6. The Kier molecular flexibility index (Phi) is 7.58. The number of anilines is 1. The van der Waals surface area contributed by atoms with Gasteiger partial charge in [-0.3, -0.25) is 9.50 Å². The Hall–Kier alpha value is -3.47. The molecule has 1 saturated carbocycles. The first-order chi connectivity index (χ1) is 17.1. The molecule has 1 aliphatic heterocycles.